The first-order valence-corrected chi connectivity index (χ1v) is 5.77. The zero-order valence-corrected chi connectivity index (χ0v) is 10.3. The van der Waals surface area contributed by atoms with Crippen LogP contribution < -0.4 is 4.74 Å². The van der Waals surface area contributed by atoms with Crippen molar-refractivity contribution < 1.29 is 19.0 Å². The molecule has 1 aromatic heterocycles. The molecule has 0 saturated carbocycles. The number of imidazole rings is 1. The fourth-order valence-electron chi connectivity index (χ4n) is 1.70. The van der Waals surface area contributed by atoms with Crippen LogP contribution in [0.2, 0.25) is 0 Å². The lowest BCUT2D eigenvalue weighted by Crippen LogP contribution is -2.08. The van der Waals surface area contributed by atoms with Gasteiger partial charge in [-0.3, -0.25) is 0 Å². The number of benzene rings is 1. The van der Waals surface area contributed by atoms with Gasteiger partial charge in [0.1, 0.15) is 29.6 Å². The standard InChI is InChI=1S/C13H13FN2O3/c1-2-16-6-5-15-12(16)8-19-11-7-9(14)3-4-10(11)13(17)18/h3-7H,2,8H2,1H3,(H,17,18). The molecule has 100 valence electrons. The van der Waals surface area contributed by atoms with E-state index in [1.165, 1.54) is 6.07 Å². The molecule has 0 spiro atoms. The number of rotatable bonds is 5. The third-order valence-electron chi connectivity index (χ3n) is 2.67. The van der Waals surface area contributed by atoms with Gasteiger partial charge in [0.15, 0.2) is 0 Å². The molecule has 0 amide bonds. The number of nitrogens with zero attached hydrogens (tertiary/aromatic N) is 2. The summed E-state index contributed by atoms with van der Waals surface area (Å²) >= 11 is 0. The van der Waals surface area contributed by atoms with E-state index in [9.17, 15) is 9.18 Å². The number of aromatic carboxylic acids is 1. The van der Waals surface area contributed by atoms with Crippen molar-refractivity contribution in [1.82, 2.24) is 9.55 Å². The topological polar surface area (TPSA) is 64.4 Å². The molecule has 19 heavy (non-hydrogen) atoms. The molecule has 0 saturated heterocycles. The van der Waals surface area contributed by atoms with Gasteiger partial charge in [0.05, 0.1) is 0 Å². The first kappa shape index (κ1) is 13.1. The zero-order chi connectivity index (χ0) is 13.8. The Morgan fingerprint density at radius 3 is 3.00 bits per heavy atom. The fourth-order valence-corrected chi connectivity index (χ4v) is 1.70. The van der Waals surface area contributed by atoms with Crippen LogP contribution in [0.1, 0.15) is 23.1 Å². The zero-order valence-electron chi connectivity index (χ0n) is 10.3. The van der Waals surface area contributed by atoms with Crippen LogP contribution in [0.15, 0.2) is 30.6 Å². The first-order chi connectivity index (χ1) is 9.11. The van der Waals surface area contributed by atoms with Crippen LogP contribution in [0.5, 0.6) is 5.75 Å². The minimum atomic E-state index is -1.16. The summed E-state index contributed by atoms with van der Waals surface area (Å²) in [5, 5.41) is 8.99. The second-order valence-electron chi connectivity index (χ2n) is 3.86. The van der Waals surface area contributed by atoms with Crippen molar-refractivity contribution in [3.05, 3.63) is 47.8 Å². The van der Waals surface area contributed by atoms with Crippen LogP contribution in [-0.4, -0.2) is 20.6 Å². The van der Waals surface area contributed by atoms with Gasteiger partial charge in [0, 0.05) is 25.0 Å². The summed E-state index contributed by atoms with van der Waals surface area (Å²) in [6.45, 7) is 2.77. The van der Waals surface area contributed by atoms with Gasteiger partial charge >= 0.3 is 5.97 Å². The maximum Gasteiger partial charge on any atom is 0.339 e. The molecule has 1 N–H and O–H groups in total. The van der Waals surface area contributed by atoms with Gasteiger partial charge in [0.25, 0.3) is 0 Å². The number of hydrogen-bond acceptors (Lipinski definition) is 3. The number of carboxylic acid groups (broad SMARTS) is 1. The van der Waals surface area contributed by atoms with Crippen LogP contribution in [0.3, 0.4) is 0 Å². The van der Waals surface area contributed by atoms with Crippen molar-refractivity contribution in [2.45, 2.75) is 20.1 Å². The number of hydrogen-bond donors (Lipinski definition) is 1. The molecular weight excluding hydrogens is 251 g/mol. The van der Waals surface area contributed by atoms with E-state index < -0.39 is 11.8 Å². The molecule has 6 heteroatoms. The van der Waals surface area contributed by atoms with Gasteiger partial charge in [-0.05, 0) is 19.1 Å². The Morgan fingerprint density at radius 2 is 2.32 bits per heavy atom. The predicted octanol–water partition coefficient (Wildman–Crippen LogP) is 2.32. The summed E-state index contributed by atoms with van der Waals surface area (Å²) in [6, 6.07) is 3.32. The van der Waals surface area contributed by atoms with E-state index in [0.29, 0.717) is 5.82 Å². The van der Waals surface area contributed by atoms with E-state index in [2.05, 4.69) is 4.98 Å². The molecule has 1 heterocycles. The highest BCUT2D eigenvalue weighted by Crippen LogP contribution is 2.21. The third-order valence-corrected chi connectivity index (χ3v) is 2.67. The molecule has 0 aliphatic carbocycles. The molecule has 1 aromatic carbocycles. The van der Waals surface area contributed by atoms with Crippen LogP contribution >= 0.6 is 0 Å². The summed E-state index contributed by atoms with van der Waals surface area (Å²) in [5.41, 5.74) is -0.0731. The number of aromatic nitrogens is 2. The monoisotopic (exact) mass is 264 g/mol. The minimum Gasteiger partial charge on any atom is -0.485 e. The van der Waals surface area contributed by atoms with E-state index >= 15 is 0 Å². The summed E-state index contributed by atoms with van der Waals surface area (Å²) in [4.78, 5) is 15.1. The van der Waals surface area contributed by atoms with Gasteiger partial charge in [-0.15, -0.1) is 0 Å². The van der Waals surface area contributed by atoms with Crippen molar-refractivity contribution in [3.8, 4) is 5.75 Å². The summed E-state index contributed by atoms with van der Waals surface area (Å²) in [5.74, 6) is -1.05. The molecular formula is C13H13FN2O3. The van der Waals surface area contributed by atoms with Gasteiger partial charge in [-0.1, -0.05) is 0 Å². The molecule has 0 aliphatic heterocycles. The van der Waals surface area contributed by atoms with E-state index in [1.54, 1.807) is 12.4 Å². The summed E-state index contributed by atoms with van der Waals surface area (Å²) in [6.07, 6.45) is 3.42. The second-order valence-corrected chi connectivity index (χ2v) is 3.86. The molecule has 0 aliphatic rings. The number of carbonyl (C=O) groups is 1. The molecule has 5 nitrogen and oxygen atoms in total. The number of halogens is 1. The molecule has 0 bridgehead atoms. The highest BCUT2D eigenvalue weighted by atomic mass is 19.1. The summed E-state index contributed by atoms with van der Waals surface area (Å²) < 4.78 is 20.4. The molecule has 0 radical (unpaired) electrons. The first-order valence-electron chi connectivity index (χ1n) is 5.77. The lowest BCUT2D eigenvalue weighted by atomic mass is 10.2. The molecule has 2 rings (SSSR count). The Kier molecular flexibility index (Phi) is 3.79. The lowest BCUT2D eigenvalue weighted by Gasteiger charge is -2.10. The maximum atomic E-state index is 13.1. The maximum absolute atomic E-state index is 13.1. The van der Waals surface area contributed by atoms with Crippen molar-refractivity contribution in [2.75, 3.05) is 0 Å². The fraction of sp³-hybridized carbons (Fsp3) is 0.231. The average Bonchev–Trinajstić information content (AvgIpc) is 2.83. The molecule has 0 unspecified atom stereocenters. The van der Waals surface area contributed by atoms with Crippen molar-refractivity contribution >= 4 is 5.97 Å². The van der Waals surface area contributed by atoms with Crippen LogP contribution in [0.4, 0.5) is 4.39 Å². The van der Waals surface area contributed by atoms with Crippen molar-refractivity contribution in [2.24, 2.45) is 0 Å². The Hall–Kier alpha value is -2.37. The van der Waals surface area contributed by atoms with E-state index in [4.69, 9.17) is 9.84 Å². The smallest absolute Gasteiger partial charge is 0.339 e. The predicted molar refractivity (Wildman–Crippen MR) is 65.6 cm³/mol. The molecule has 0 fully saturated rings. The number of carboxylic acids is 1. The molecule has 0 atom stereocenters. The Bertz CT molecular complexity index is 595. The Morgan fingerprint density at radius 1 is 1.53 bits per heavy atom. The Labute approximate surface area is 109 Å². The normalized spacial score (nSPS) is 10.4. The summed E-state index contributed by atoms with van der Waals surface area (Å²) in [7, 11) is 0. The average molecular weight is 264 g/mol. The van der Waals surface area contributed by atoms with E-state index in [-0.39, 0.29) is 17.9 Å². The van der Waals surface area contributed by atoms with E-state index in [1.807, 2.05) is 11.5 Å². The van der Waals surface area contributed by atoms with Gasteiger partial charge in [-0.2, -0.15) is 0 Å². The highest BCUT2D eigenvalue weighted by Gasteiger charge is 2.13. The number of aryl methyl sites for hydroxylation is 1. The third kappa shape index (κ3) is 2.90. The molecule has 2 aromatic rings. The van der Waals surface area contributed by atoms with Gasteiger partial charge in [-0.25, -0.2) is 14.2 Å². The second kappa shape index (κ2) is 5.51. The minimum absolute atomic E-state index is 0.00171. The quantitative estimate of drug-likeness (QED) is 0.900. The van der Waals surface area contributed by atoms with Crippen LogP contribution in [0, 0.1) is 5.82 Å². The highest BCUT2D eigenvalue weighted by molar-refractivity contribution is 5.90. The largest absolute Gasteiger partial charge is 0.485 e. The van der Waals surface area contributed by atoms with Crippen LogP contribution in [0.25, 0.3) is 0 Å². The van der Waals surface area contributed by atoms with Crippen LogP contribution in [-0.2, 0) is 13.2 Å². The van der Waals surface area contributed by atoms with Crippen molar-refractivity contribution in [3.63, 3.8) is 0 Å². The lowest BCUT2D eigenvalue weighted by molar-refractivity contribution is 0.0691. The SMILES string of the molecule is CCn1ccnc1COc1cc(F)ccc1C(=O)O. The van der Waals surface area contributed by atoms with Crippen molar-refractivity contribution in [1.29, 1.82) is 0 Å². The van der Waals surface area contributed by atoms with Gasteiger partial charge in [0.2, 0.25) is 0 Å². The Balaban J connectivity index is 2.19. The number of ether oxygens (including phenoxy) is 1. The van der Waals surface area contributed by atoms with E-state index in [0.717, 1.165) is 18.7 Å². The van der Waals surface area contributed by atoms with Gasteiger partial charge < -0.3 is 14.4 Å².